The number of nitrogens with one attached hydrogen (secondary N) is 1. The third-order valence-corrected chi connectivity index (χ3v) is 16.6. The highest BCUT2D eigenvalue weighted by Crippen LogP contribution is 2.38. The molecule has 3 atom stereocenters. The van der Waals surface area contributed by atoms with E-state index in [0.717, 1.165) is 89.9 Å². The molecule has 3 unspecified atom stereocenters. The number of ether oxygens (including phenoxy) is 1. The number of rotatable bonds is 64. The third-order valence-electron chi connectivity index (χ3n) is 15.7. The molecule has 0 aromatic rings. The molecular weight excluding hydrogens is 1050 g/mol. The van der Waals surface area contributed by atoms with Gasteiger partial charge in [0.1, 0.15) is 19.3 Å². The molecule has 484 valence electrons. The first kappa shape index (κ1) is 80.5. The number of carbonyl (C=O) groups is 2. The molecule has 1 amide bonds. The van der Waals surface area contributed by atoms with Crippen LogP contribution in [0.25, 0.3) is 0 Å². The largest absolute Gasteiger partial charge is 0.756 e. The molecule has 0 saturated heterocycles. The van der Waals surface area contributed by atoms with E-state index in [-0.39, 0.29) is 31.3 Å². The minimum Gasteiger partial charge on any atom is -0.756 e. The molecule has 0 aromatic carbocycles. The number of amides is 1. The van der Waals surface area contributed by atoms with Crippen molar-refractivity contribution in [3.05, 3.63) is 72.9 Å². The van der Waals surface area contributed by atoms with E-state index in [0.29, 0.717) is 17.4 Å². The van der Waals surface area contributed by atoms with Crippen molar-refractivity contribution in [1.29, 1.82) is 0 Å². The van der Waals surface area contributed by atoms with Crippen molar-refractivity contribution < 1.29 is 37.3 Å². The molecule has 0 fully saturated rings. The fraction of sp³-hybridized carbons (Fsp3) is 0.808. The first-order valence-electron chi connectivity index (χ1n) is 35.2. The lowest BCUT2D eigenvalue weighted by Crippen LogP contribution is -2.47. The van der Waals surface area contributed by atoms with Crippen LogP contribution in [0.15, 0.2) is 72.9 Å². The van der Waals surface area contributed by atoms with Crippen molar-refractivity contribution in [3.8, 4) is 0 Å². The summed E-state index contributed by atoms with van der Waals surface area (Å²) in [7, 11) is 1.17. The summed E-state index contributed by atoms with van der Waals surface area (Å²) < 4.78 is 30.4. The number of nitrogens with zero attached hydrogens (tertiary/aromatic N) is 1. The monoisotopic (exact) mass is 1180 g/mol. The number of likely N-dealkylation sites (N-methyl/N-ethyl adjacent to an activating group) is 1. The van der Waals surface area contributed by atoms with Gasteiger partial charge in [-0.25, -0.2) is 0 Å². The van der Waals surface area contributed by atoms with E-state index in [2.05, 4.69) is 86.8 Å². The molecule has 0 aliphatic carbocycles. The molecule has 10 heteroatoms. The summed E-state index contributed by atoms with van der Waals surface area (Å²) in [5.41, 5.74) is 0. The lowest BCUT2D eigenvalue weighted by atomic mass is 10.0. The normalized spacial score (nSPS) is 14.0. The zero-order valence-electron chi connectivity index (χ0n) is 55.4. The van der Waals surface area contributed by atoms with Crippen LogP contribution in [0.2, 0.25) is 0 Å². The van der Waals surface area contributed by atoms with Crippen LogP contribution in [0, 0.1) is 0 Å². The van der Waals surface area contributed by atoms with Gasteiger partial charge in [0.25, 0.3) is 7.82 Å². The Kier molecular flexibility index (Phi) is 60.6. The number of esters is 1. The van der Waals surface area contributed by atoms with Crippen LogP contribution in [-0.4, -0.2) is 69.4 Å². The molecule has 9 nitrogen and oxygen atoms in total. The summed E-state index contributed by atoms with van der Waals surface area (Å²) in [4.78, 5) is 40.2. The summed E-state index contributed by atoms with van der Waals surface area (Å²) in [5, 5.41) is 3.02. The van der Waals surface area contributed by atoms with Gasteiger partial charge in [-0.1, -0.05) is 312 Å². The summed E-state index contributed by atoms with van der Waals surface area (Å²) >= 11 is 0. The number of phosphoric acid groups is 1. The molecule has 0 spiro atoms. The minimum atomic E-state index is -4.71. The highest BCUT2D eigenvalue weighted by molar-refractivity contribution is 7.45. The number of quaternary nitrogens is 1. The van der Waals surface area contributed by atoms with Gasteiger partial charge in [0, 0.05) is 12.8 Å². The molecule has 0 rings (SSSR count). The first-order valence-corrected chi connectivity index (χ1v) is 36.7. The fourth-order valence-electron chi connectivity index (χ4n) is 10.3. The van der Waals surface area contributed by atoms with Crippen molar-refractivity contribution in [3.63, 3.8) is 0 Å². The van der Waals surface area contributed by atoms with Crippen LogP contribution in [0.5, 0.6) is 0 Å². The maximum absolute atomic E-state index is 13.6. The second-order valence-electron chi connectivity index (χ2n) is 25.0. The van der Waals surface area contributed by atoms with Gasteiger partial charge in [-0.15, -0.1) is 0 Å². The van der Waals surface area contributed by atoms with Crippen molar-refractivity contribution in [2.45, 2.75) is 341 Å². The molecule has 0 saturated carbocycles. The van der Waals surface area contributed by atoms with Crippen LogP contribution in [0.4, 0.5) is 0 Å². The molecule has 0 bridgehead atoms. The van der Waals surface area contributed by atoms with Crippen LogP contribution >= 0.6 is 7.82 Å². The van der Waals surface area contributed by atoms with Gasteiger partial charge < -0.3 is 28.5 Å². The zero-order chi connectivity index (χ0) is 60.7. The summed E-state index contributed by atoms with van der Waals surface area (Å²) in [6, 6.07) is -0.908. The molecular formula is C73H135N2O7P. The number of hydrogen-bond donors (Lipinski definition) is 1. The van der Waals surface area contributed by atoms with E-state index in [1.807, 2.05) is 33.3 Å². The Hall–Kier alpha value is -2.55. The Morgan fingerprint density at radius 3 is 1.17 bits per heavy atom. The molecule has 0 aliphatic rings. The molecule has 1 N–H and O–H groups in total. The topological polar surface area (TPSA) is 114 Å². The van der Waals surface area contributed by atoms with Crippen LogP contribution < -0.4 is 10.2 Å². The maximum Gasteiger partial charge on any atom is 0.306 e. The fourth-order valence-corrected chi connectivity index (χ4v) is 11.0. The van der Waals surface area contributed by atoms with Crippen molar-refractivity contribution in [2.75, 3.05) is 40.9 Å². The number of allylic oxidation sites excluding steroid dienone is 11. The molecule has 0 heterocycles. The summed E-state index contributed by atoms with van der Waals surface area (Å²) in [6.07, 6.45) is 81.8. The zero-order valence-corrected chi connectivity index (χ0v) is 56.3. The van der Waals surface area contributed by atoms with Gasteiger partial charge in [0.2, 0.25) is 5.91 Å². The second kappa shape index (κ2) is 62.5. The number of hydrogen-bond acceptors (Lipinski definition) is 7. The Morgan fingerprint density at radius 2 is 0.771 bits per heavy atom. The van der Waals surface area contributed by atoms with Gasteiger partial charge in [0.15, 0.2) is 0 Å². The van der Waals surface area contributed by atoms with Crippen molar-refractivity contribution in [1.82, 2.24) is 5.32 Å². The lowest BCUT2D eigenvalue weighted by Gasteiger charge is -2.30. The Labute approximate surface area is 514 Å². The van der Waals surface area contributed by atoms with E-state index < -0.39 is 26.6 Å². The predicted molar refractivity (Wildman–Crippen MR) is 358 cm³/mol. The predicted octanol–water partition coefficient (Wildman–Crippen LogP) is 21.7. The Morgan fingerprint density at radius 1 is 0.434 bits per heavy atom. The smallest absolute Gasteiger partial charge is 0.306 e. The van der Waals surface area contributed by atoms with Gasteiger partial charge >= 0.3 is 5.97 Å². The van der Waals surface area contributed by atoms with Crippen molar-refractivity contribution in [2.24, 2.45) is 0 Å². The number of unbranched alkanes of at least 4 members (excludes halogenated alkanes) is 38. The van der Waals surface area contributed by atoms with Crippen molar-refractivity contribution >= 4 is 19.7 Å². The van der Waals surface area contributed by atoms with E-state index >= 15 is 0 Å². The molecule has 0 radical (unpaired) electrons. The maximum atomic E-state index is 13.6. The number of phosphoric ester groups is 1. The second-order valence-corrected chi connectivity index (χ2v) is 26.4. The highest BCUT2D eigenvalue weighted by atomic mass is 31.2. The van der Waals surface area contributed by atoms with E-state index in [1.54, 1.807) is 0 Å². The quantitative estimate of drug-likeness (QED) is 0.0212. The van der Waals surface area contributed by atoms with Crippen LogP contribution in [-0.2, 0) is 27.9 Å². The molecule has 0 aliphatic heterocycles. The molecule has 83 heavy (non-hydrogen) atoms. The van der Waals surface area contributed by atoms with Gasteiger partial charge in [-0.3, -0.25) is 14.2 Å². The summed E-state index contributed by atoms with van der Waals surface area (Å²) in [5.74, 6) is -0.567. The van der Waals surface area contributed by atoms with Crippen LogP contribution in [0.3, 0.4) is 0 Å². The average molecular weight is 1180 g/mol. The highest BCUT2D eigenvalue weighted by Gasteiger charge is 2.27. The standard InChI is InChI=1S/C73H135N2O7P/c1-7-10-13-16-19-22-25-28-30-32-34-35-36-37-38-39-41-43-45-48-51-54-57-60-63-66-73(77)82-71(64-61-58-55-52-49-46-27-24-21-18-15-12-9-3)70(69-81-83(78,79)80-68-67-75(4,5)6)74-72(76)65-62-59-56-53-50-47-44-42-40-33-31-29-26-23-20-17-14-11-8-2/h11,14,20,23,29,31,40,42,47,50,61,64,70-71H,7-10,12-13,15-19,21-22,24-28,30,32-39,41,43-46,48-49,51-60,62-63,65-69H2,1-6H3,(H-,74,76,78,79)/b14-11-,23-20-,31-29-,42-40-,50-47-,64-61-. The van der Waals surface area contributed by atoms with Gasteiger partial charge in [-0.2, -0.15) is 0 Å². The first-order chi connectivity index (χ1) is 40.4. The number of carbonyl (C=O) groups excluding carboxylic acids is 2. The van der Waals surface area contributed by atoms with Gasteiger partial charge in [-0.05, 0) is 76.7 Å². The Bertz CT molecular complexity index is 1650. The lowest BCUT2D eigenvalue weighted by molar-refractivity contribution is -0.870. The SMILES string of the molecule is CC/C=C\C/C=C\C/C=C\C/C=C\C/C=C\CCCCCC(=O)NC(COP(=O)([O-])OCC[N+](C)(C)C)C(/C=C\CCCCCCCCCCCCC)OC(=O)CCCCCCCCCCCCCCCCCCCCCCCCCCC. The van der Waals surface area contributed by atoms with E-state index in [1.165, 1.54) is 199 Å². The minimum absolute atomic E-state index is 0.0299. The Balaban J connectivity index is 5.13. The van der Waals surface area contributed by atoms with E-state index in [4.69, 9.17) is 13.8 Å². The van der Waals surface area contributed by atoms with E-state index in [9.17, 15) is 19.0 Å². The molecule has 0 aromatic heterocycles. The van der Waals surface area contributed by atoms with Crippen LogP contribution in [0.1, 0.15) is 329 Å². The third kappa shape index (κ3) is 63.8. The van der Waals surface area contributed by atoms with Gasteiger partial charge in [0.05, 0.1) is 33.8 Å². The summed E-state index contributed by atoms with van der Waals surface area (Å²) in [6.45, 7) is 6.74. The average Bonchev–Trinajstić information content (AvgIpc) is 3.47.